The fraction of sp³-hybridized carbons (Fsp3) is 0.353. The molecule has 1 aromatic rings. The van der Waals surface area contributed by atoms with Gasteiger partial charge < -0.3 is 35.9 Å². The first kappa shape index (κ1) is 28.6. The lowest BCUT2D eigenvalue weighted by Crippen LogP contribution is -2.49. The zero-order valence-corrected chi connectivity index (χ0v) is 25.0. The summed E-state index contributed by atoms with van der Waals surface area (Å²) in [4.78, 5) is 27.7. The number of H-pyrrole nitrogens is 1. The van der Waals surface area contributed by atoms with Crippen LogP contribution in [0.25, 0.3) is 18.2 Å². The summed E-state index contributed by atoms with van der Waals surface area (Å²) in [6.45, 7) is 16.0. The molecule has 224 valence electrons. The quantitative estimate of drug-likeness (QED) is 0.213. The predicted octanol–water partition coefficient (Wildman–Crippen LogP) is 4.90. The number of carbonyl (C=O) groups excluding carboxylic acids is 1. The highest BCUT2D eigenvalue weighted by Crippen LogP contribution is 2.51. The van der Waals surface area contributed by atoms with Gasteiger partial charge in [0.2, 0.25) is 0 Å². The molecule has 5 aliphatic rings. The Kier molecular flexibility index (Phi) is 6.69. The second kappa shape index (κ2) is 10.1. The summed E-state index contributed by atoms with van der Waals surface area (Å²) in [5.74, 6) is -1.38. The molecule has 9 heteroatoms. The van der Waals surface area contributed by atoms with E-state index in [-0.39, 0.29) is 30.6 Å². The van der Waals surface area contributed by atoms with Crippen LogP contribution < -0.4 is 16.0 Å². The molecule has 0 aromatic carbocycles. The fourth-order valence-electron chi connectivity index (χ4n) is 7.02. The van der Waals surface area contributed by atoms with Crippen molar-refractivity contribution in [2.24, 2.45) is 11.8 Å². The van der Waals surface area contributed by atoms with E-state index in [1.165, 1.54) is 0 Å². The third-order valence-electron chi connectivity index (χ3n) is 9.70. The number of hydrogen-bond donors (Lipinski definition) is 6. The van der Waals surface area contributed by atoms with E-state index in [2.05, 4.69) is 60.1 Å². The van der Waals surface area contributed by atoms with Gasteiger partial charge in [-0.1, -0.05) is 25.7 Å². The van der Waals surface area contributed by atoms with E-state index < -0.39 is 17.2 Å². The third kappa shape index (κ3) is 4.33. The molecule has 8 bridgehead atoms. The van der Waals surface area contributed by atoms with Gasteiger partial charge >= 0.3 is 11.9 Å². The number of allylic oxidation sites excluding steroid dienone is 4. The molecule has 1 aromatic heterocycles. The van der Waals surface area contributed by atoms with Crippen molar-refractivity contribution < 1.29 is 24.5 Å². The van der Waals surface area contributed by atoms with Crippen molar-refractivity contribution in [3.8, 4) is 0 Å². The van der Waals surface area contributed by atoms with Crippen LogP contribution in [-0.4, -0.2) is 38.3 Å². The van der Waals surface area contributed by atoms with Crippen LogP contribution in [0.2, 0.25) is 0 Å². The Morgan fingerprint density at radius 1 is 1.07 bits per heavy atom. The van der Waals surface area contributed by atoms with Crippen molar-refractivity contribution in [2.45, 2.75) is 64.6 Å². The van der Waals surface area contributed by atoms with Crippen LogP contribution in [0, 0.1) is 18.8 Å². The van der Waals surface area contributed by atoms with Crippen molar-refractivity contribution in [2.75, 3.05) is 0 Å². The molecule has 6 N–H and O–H groups in total. The van der Waals surface area contributed by atoms with Crippen LogP contribution in [0.3, 0.4) is 0 Å². The summed E-state index contributed by atoms with van der Waals surface area (Å²) in [7, 11) is 0. The summed E-state index contributed by atoms with van der Waals surface area (Å²) in [6, 6.07) is 0. The van der Waals surface area contributed by atoms with E-state index in [4.69, 9.17) is 4.74 Å². The van der Waals surface area contributed by atoms with Crippen LogP contribution in [-0.2, 0) is 14.3 Å². The Morgan fingerprint density at radius 2 is 1.81 bits per heavy atom. The van der Waals surface area contributed by atoms with Crippen LogP contribution in [0.4, 0.5) is 0 Å². The number of carboxylic acid groups (broad SMARTS) is 1. The van der Waals surface area contributed by atoms with Gasteiger partial charge in [-0.05, 0) is 68.2 Å². The van der Waals surface area contributed by atoms with Gasteiger partial charge in [-0.25, -0.2) is 0 Å². The highest BCUT2D eigenvalue weighted by Gasteiger charge is 2.63. The van der Waals surface area contributed by atoms with Crippen molar-refractivity contribution in [1.29, 1.82) is 0 Å². The first-order valence-electron chi connectivity index (χ1n) is 14.7. The Balaban J connectivity index is 1.62. The summed E-state index contributed by atoms with van der Waals surface area (Å²) in [5.41, 5.74) is 7.26. The van der Waals surface area contributed by atoms with E-state index in [0.29, 0.717) is 24.2 Å². The van der Waals surface area contributed by atoms with Gasteiger partial charge in [0.15, 0.2) is 5.60 Å². The van der Waals surface area contributed by atoms with Crippen LogP contribution in [0.15, 0.2) is 76.7 Å². The molecule has 2 unspecified atom stereocenters. The van der Waals surface area contributed by atoms with Gasteiger partial charge in [0.05, 0.1) is 11.4 Å². The van der Waals surface area contributed by atoms with E-state index in [0.717, 1.165) is 56.4 Å². The van der Waals surface area contributed by atoms with E-state index in [1.807, 2.05) is 25.2 Å². The molecule has 0 saturated carbocycles. The lowest BCUT2D eigenvalue weighted by Gasteiger charge is -2.34. The molecule has 6 rings (SSSR count). The molecule has 2 fully saturated rings. The number of carboxylic acids is 1. The molecular weight excluding hydrogens is 544 g/mol. The maximum Gasteiger partial charge on any atom is 0.307 e. The number of hydrogen-bond acceptors (Lipinski definition) is 7. The minimum Gasteiger partial charge on any atom is -0.481 e. The number of carbonyl (C=O) groups is 2. The highest BCUT2D eigenvalue weighted by molar-refractivity contribution is 5.77. The van der Waals surface area contributed by atoms with Crippen molar-refractivity contribution in [1.82, 2.24) is 20.9 Å². The Hall–Kier alpha value is -4.50. The molecule has 9 nitrogen and oxygen atoms in total. The topological polar surface area (TPSA) is 136 Å². The summed E-state index contributed by atoms with van der Waals surface area (Å²) in [6.07, 6.45) is 12.4. The number of aliphatic carboxylic acids is 1. The average Bonchev–Trinajstić information content (AvgIpc) is 3.69. The molecule has 0 radical (unpaired) electrons. The molecule has 0 aliphatic carbocycles. The molecule has 5 aliphatic heterocycles. The van der Waals surface area contributed by atoms with Gasteiger partial charge in [-0.2, -0.15) is 0 Å². The maximum absolute atomic E-state index is 12.6. The normalized spacial score (nSPS) is 34.2. The number of aromatic nitrogens is 1. The molecular formula is C34H38N4O5. The number of nitrogens with one attached hydrogen (secondary N) is 4. The lowest BCUT2D eigenvalue weighted by atomic mass is 9.80. The third-order valence-corrected chi connectivity index (χ3v) is 9.70. The molecule has 2 saturated heterocycles. The smallest absolute Gasteiger partial charge is 0.307 e. The summed E-state index contributed by atoms with van der Waals surface area (Å²) >= 11 is 0. The lowest BCUT2D eigenvalue weighted by molar-refractivity contribution is -0.158. The number of esters is 1. The summed E-state index contributed by atoms with van der Waals surface area (Å²) < 4.78 is 5.96. The van der Waals surface area contributed by atoms with Crippen molar-refractivity contribution >= 4 is 30.2 Å². The molecule has 6 heterocycles. The van der Waals surface area contributed by atoms with E-state index in [1.54, 1.807) is 13.0 Å². The Bertz CT molecular complexity index is 1680. The first-order chi connectivity index (χ1) is 20.4. The number of rotatable bonds is 5. The monoisotopic (exact) mass is 582 g/mol. The molecule has 0 amide bonds. The zero-order valence-electron chi connectivity index (χ0n) is 25.0. The SMILES string of the molecule is C=Cc1c2[nH]c(c1C)/C=C1\NC(=C(C)C1C=C)/C=C1\NC(=C(CCC(=O)O)C1C)/C=C1\N/C(=C\2)[C@](C)(O)[C@@]12CCC(=O)O2. The van der Waals surface area contributed by atoms with Gasteiger partial charge in [-0.15, -0.1) is 6.58 Å². The maximum atomic E-state index is 12.6. The number of fused-ring (bicyclic) bond motifs is 9. The minimum atomic E-state index is -1.57. The van der Waals surface area contributed by atoms with Crippen LogP contribution in [0.5, 0.6) is 0 Å². The number of aliphatic hydroxyl groups is 1. The standard InChI is InChI=1S/C34H38N4O5/c1-7-20-17(3)23-13-24-19(5)22(9-10-31(39)40)28(37-24)16-30-34(12-11-32(41)43-34)33(6,42)29(38-30)15-27-21(8-2)18(4)25(36-27)14-26(20)35-23/h7-8,13-16,19-20,35-38,42H,1-2,9-12H2,3-6H3,(H,39,40)/b24-13-,26-14-,29-15-,30-16-/t19?,20?,33-,34+/m0/s1. The van der Waals surface area contributed by atoms with Crippen molar-refractivity contribution in [3.05, 3.63) is 99.2 Å². The van der Waals surface area contributed by atoms with Crippen LogP contribution in [0.1, 0.15) is 69.0 Å². The first-order valence-corrected chi connectivity index (χ1v) is 14.7. The molecule has 1 spiro atoms. The van der Waals surface area contributed by atoms with Crippen molar-refractivity contribution in [3.63, 3.8) is 0 Å². The average molecular weight is 583 g/mol. The van der Waals surface area contributed by atoms with Crippen LogP contribution >= 0.6 is 0 Å². The predicted molar refractivity (Wildman–Crippen MR) is 165 cm³/mol. The fourth-order valence-corrected chi connectivity index (χ4v) is 7.02. The van der Waals surface area contributed by atoms with Gasteiger partial charge in [0.1, 0.15) is 5.60 Å². The number of ether oxygens (including phenoxy) is 1. The Morgan fingerprint density at radius 3 is 2.47 bits per heavy atom. The highest BCUT2D eigenvalue weighted by atomic mass is 16.6. The molecule has 4 atom stereocenters. The summed E-state index contributed by atoms with van der Waals surface area (Å²) in [5, 5.41) is 32.2. The second-order valence-corrected chi connectivity index (χ2v) is 12.1. The Labute approximate surface area is 251 Å². The van der Waals surface area contributed by atoms with E-state index in [9.17, 15) is 19.8 Å². The number of aromatic amines is 1. The van der Waals surface area contributed by atoms with Gasteiger partial charge in [-0.3, -0.25) is 9.59 Å². The molecule has 43 heavy (non-hydrogen) atoms. The largest absolute Gasteiger partial charge is 0.481 e. The second-order valence-electron chi connectivity index (χ2n) is 12.1. The minimum absolute atomic E-state index is 0.0210. The van der Waals surface area contributed by atoms with Gasteiger partial charge in [0, 0.05) is 70.8 Å². The van der Waals surface area contributed by atoms with E-state index >= 15 is 0 Å². The zero-order chi connectivity index (χ0) is 30.8. The van der Waals surface area contributed by atoms with Gasteiger partial charge in [0.25, 0.3) is 0 Å².